The van der Waals surface area contributed by atoms with Gasteiger partial charge in [0.1, 0.15) is 0 Å². The Morgan fingerprint density at radius 1 is 0.742 bits per heavy atom. The Balaban J connectivity index is 0.000000191. The van der Waals surface area contributed by atoms with E-state index in [0.717, 1.165) is 34.1 Å². The fourth-order valence-corrected chi connectivity index (χ4v) is 3.29. The summed E-state index contributed by atoms with van der Waals surface area (Å²) in [5.74, 6) is 0.709. The van der Waals surface area contributed by atoms with Crippen molar-refractivity contribution in [2.45, 2.75) is 80.8 Å². The van der Waals surface area contributed by atoms with E-state index in [9.17, 15) is 0 Å². The second-order valence-corrected chi connectivity index (χ2v) is 7.23. The molecule has 7 heteroatoms. The van der Waals surface area contributed by atoms with E-state index in [1.165, 1.54) is 18.5 Å². The topological polar surface area (TPSA) is 80.6 Å². The molecule has 0 aromatic carbocycles. The van der Waals surface area contributed by atoms with Crippen LogP contribution >= 0.6 is 0 Å². The number of hydrogen-bond acceptors (Lipinski definition) is 5. The summed E-state index contributed by atoms with van der Waals surface area (Å²) in [5, 5.41) is 8.93. The highest BCUT2D eigenvalue weighted by molar-refractivity contribution is 5.46. The van der Waals surface area contributed by atoms with Crippen LogP contribution in [0, 0.1) is 27.7 Å². The normalized spacial score (nSPS) is 12.4. The minimum absolute atomic E-state index is 0.0337. The molecule has 1 saturated carbocycles. The number of aliphatic hydroxyl groups is 1. The van der Waals surface area contributed by atoms with E-state index in [4.69, 9.17) is 5.11 Å². The molecule has 0 unspecified atom stereocenters. The molecule has 168 valence electrons. The summed E-state index contributed by atoms with van der Waals surface area (Å²) in [7, 11) is 0. The van der Waals surface area contributed by atoms with E-state index in [2.05, 4.69) is 36.7 Å². The van der Waals surface area contributed by atoms with Gasteiger partial charge in [-0.05, 0) is 40.5 Å². The molecule has 0 atom stereocenters. The summed E-state index contributed by atoms with van der Waals surface area (Å²) in [6.07, 6.45) is 10.5. The Bertz CT molecular complexity index is 1120. The summed E-state index contributed by atoms with van der Waals surface area (Å²) >= 11 is 0. The van der Waals surface area contributed by atoms with Gasteiger partial charge >= 0.3 is 0 Å². The quantitative estimate of drug-likeness (QED) is 0.483. The molecule has 1 aliphatic carbocycles. The van der Waals surface area contributed by atoms with Gasteiger partial charge in [-0.1, -0.05) is 27.7 Å². The van der Waals surface area contributed by atoms with Gasteiger partial charge in [0.25, 0.3) is 0 Å². The van der Waals surface area contributed by atoms with Crippen LogP contribution in [0.1, 0.15) is 80.6 Å². The van der Waals surface area contributed by atoms with Gasteiger partial charge in [0, 0.05) is 30.7 Å². The molecule has 4 aromatic rings. The first-order valence-electron chi connectivity index (χ1n) is 11.2. The number of rotatable bonds is 2. The molecule has 0 aliphatic heterocycles. The minimum Gasteiger partial charge on any atom is -0.390 e. The Kier molecular flexibility index (Phi) is 8.68. The number of imidazole rings is 2. The Morgan fingerprint density at radius 3 is 1.71 bits per heavy atom. The first-order valence-corrected chi connectivity index (χ1v) is 11.2. The largest absolute Gasteiger partial charge is 0.390 e. The number of nitrogens with zero attached hydrogens (tertiary/aromatic N) is 6. The number of aryl methyl sites for hydroxylation is 4. The zero-order valence-electron chi connectivity index (χ0n) is 20.1. The second kappa shape index (κ2) is 11.0. The van der Waals surface area contributed by atoms with E-state index in [-0.39, 0.29) is 6.61 Å². The molecule has 0 saturated heterocycles. The SMILES string of the molecule is CC.CC.Cc1cn2cc(C3CC3)nc(C)c2n1.Cc1cn2cc(CO)nc(C)c2n1. The van der Waals surface area contributed by atoms with E-state index >= 15 is 0 Å². The van der Waals surface area contributed by atoms with E-state index < -0.39 is 0 Å². The average molecular weight is 425 g/mol. The van der Waals surface area contributed by atoms with Gasteiger partial charge in [0.05, 0.1) is 40.8 Å². The first-order chi connectivity index (χ1) is 14.9. The van der Waals surface area contributed by atoms with Gasteiger partial charge in [-0.3, -0.25) is 9.97 Å². The predicted octanol–water partition coefficient (Wildman–Crippen LogP) is 5.11. The van der Waals surface area contributed by atoms with Gasteiger partial charge in [-0.15, -0.1) is 0 Å². The molecule has 0 spiro atoms. The molecule has 1 fully saturated rings. The third kappa shape index (κ3) is 5.88. The predicted molar refractivity (Wildman–Crippen MR) is 126 cm³/mol. The van der Waals surface area contributed by atoms with Crippen molar-refractivity contribution < 1.29 is 5.11 Å². The third-order valence-electron chi connectivity index (χ3n) is 4.68. The number of aromatic nitrogens is 6. The Labute approximate surface area is 185 Å². The van der Waals surface area contributed by atoms with Crippen LogP contribution in [-0.2, 0) is 6.61 Å². The Hall–Kier alpha value is -2.80. The van der Waals surface area contributed by atoms with Gasteiger partial charge in [0.15, 0.2) is 11.3 Å². The van der Waals surface area contributed by atoms with Gasteiger partial charge in [-0.2, -0.15) is 0 Å². The third-order valence-corrected chi connectivity index (χ3v) is 4.68. The molecule has 1 aliphatic rings. The van der Waals surface area contributed by atoms with Crippen molar-refractivity contribution in [3.63, 3.8) is 0 Å². The van der Waals surface area contributed by atoms with Crippen molar-refractivity contribution in [1.82, 2.24) is 28.7 Å². The van der Waals surface area contributed by atoms with E-state index in [1.807, 2.05) is 66.0 Å². The van der Waals surface area contributed by atoms with Crippen LogP contribution in [-0.4, -0.2) is 33.8 Å². The maximum absolute atomic E-state index is 8.93. The molecule has 31 heavy (non-hydrogen) atoms. The van der Waals surface area contributed by atoms with Crippen molar-refractivity contribution in [2.24, 2.45) is 0 Å². The minimum atomic E-state index is -0.0337. The van der Waals surface area contributed by atoms with E-state index in [1.54, 1.807) is 6.20 Å². The van der Waals surface area contributed by atoms with Crippen LogP contribution in [0.2, 0.25) is 0 Å². The van der Waals surface area contributed by atoms with Gasteiger partial charge < -0.3 is 13.9 Å². The van der Waals surface area contributed by atoms with Crippen LogP contribution in [0.15, 0.2) is 24.8 Å². The van der Waals surface area contributed by atoms with Crippen LogP contribution in [0.25, 0.3) is 11.3 Å². The molecule has 0 bridgehead atoms. The Morgan fingerprint density at radius 2 is 1.23 bits per heavy atom. The van der Waals surface area contributed by atoms with Crippen molar-refractivity contribution in [1.29, 1.82) is 0 Å². The fraction of sp³-hybridized carbons (Fsp3) is 0.500. The summed E-state index contributed by atoms with van der Waals surface area (Å²) in [4.78, 5) is 17.5. The molecule has 0 radical (unpaired) electrons. The zero-order valence-corrected chi connectivity index (χ0v) is 20.1. The number of hydrogen-bond donors (Lipinski definition) is 1. The highest BCUT2D eigenvalue weighted by atomic mass is 16.3. The van der Waals surface area contributed by atoms with Crippen molar-refractivity contribution >= 4 is 11.3 Å². The molecule has 7 nitrogen and oxygen atoms in total. The maximum Gasteiger partial charge on any atom is 0.158 e. The monoisotopic (exact) mass is 424 g/mol. The molecule has 1 N–H and O–H groups in total. The fourth-order valence-electron chi connectivity index (χ4n) is 3.29. The first kappa shape index (κ1) is 24.5. The van der Waals surface area contributed by atoms with Crippen LogP contribution in [0.4, 0.5) is 0 Å². The van der Waals surface area contributed by atoms with Gasteiger partial charge in [-0.25, -0.2) is 9.97 Å². The van der Waals surface area contributed by atoms with Crippen molar-refractivity contribution in [2.75, 3.05) is 0 Å². The lowest BCUT2D eigenvalue weighted by Gasteiger charge is -2.01. The zero-order chi connectivity index (χ0) is 23.1. The smallest absolute Gasteiger partial charge is 0.158 e. The lowest BCUT2D eigenvalue weighted by atomic mass is 10.3. The molecule has 4 heterocycles. The lowest BCUT2D eigenvalue weighted by Crippen LogP contribution is -1.97. The number of aliphatic hydroxyl groups excluding tert-OH is 1. The highest BCUT2D eigenvalue weighted by Crippen LogP contribution is 2.39. The molecular formula is C24H36N6O. The highest BCUT2D eigenvalue weighted by Gasteiger charge is 2.25. The molecule has 0 amide bonds. The molecule has 4 aromatic heterocycles. The lowest BCUT2D eigenvalue weighted by molar-refractivity contribution is 0.276. The van der Waals surface area contributed by atoms with Crippen molar-refractivity contribution in [3.8, 4) is 0 Å². The van der Waals surface area contributed by atoms with Crippen LogP contribution in [0.3, 0.4) is 0 Å². The van der Waals surface area contributed by atoms with E-state index in [0.29, 0.717) is 11.6 Å². The molecule has 5 rings (SSSR count). The molecular weight excluding hydrogens is 388 g/mol. The summed E-state index contributed by atoms with van der Waals surface area (Å²) in [5.41, 5.74) is 7.65. The van der Waals surface area contributed by atoms with Gasteiger partial charge in [0.2, 0.25) is 0 Å². The average Bonchev–Trinajstić information content (AvgIpc) is 3.45. The summed E-state index contributed by atoms with van der Waals surface area (Å²) in [6.45, 7) is 15.8. The summed E-state index contributed by atoms with van der Waals surface area (Å²) in [6, 6.07) is 0. The number of fused-ring (bicyclic) bond motifs is 2. The van der Waals surface area contributed by atoms with Crippen LogP contribution in [0.5, 0.6) is 0 Å². The maximum atomic E-state index is 8.93. The summed E-state index contributed by atoms with van der Waals surface area (Å²) < 4.78 is 3.99. The van der Waals surface area contributed by atoms with Crippen LogP contribution < -0.4 is 0 Å². The second-order valence-electron chi connectivity index (χ2n) is 7.23. The standard InChI is InChI=1S/C11H13N3.C9H11N3O.2C2H6/c1-7-5-14-6-10(9-3-4-9)13-8(2)11(14)12-7;1-6-3-12-4-8(5-13)11-7(2)9(12)10-6;2*1-2/h5-6,9H,3-4H2,1-2H3;3-4,13H,5H2,1-2H3;2*1-2H3. The van der Waals surface area contributed by atoms with Crippen molar-refractivity contribution in [3.05, 3.63) is 59.0 Å².